The van der Waals surface area contributed by atoms with E-state index < -0.39 is 0 Å². The van der Waals surface area contributed by atoms with Crippen LogP contribution in [-0.4, -0.2) is 10.9 Å². The van der Waals surface area contributed by atoms with E-state index in [0.717, 1.165) is 15.6 Å². The lowest BCUT2D eigenvalue weighted by molar-refractivity contribution is -0.121. The van der Waals surface area contributed by atoms with Gasteiger partial charge in [-0.3, -0.25) is 4.79 Å². The molecule has 3 aromatic rings. The molecular weight excluding hydrogens is 380 g/mol. The fourth-order valence-corrected chi connectivity index (χ4v) is 2.96. The van der Waals surface area contributed by atoms with Gasteiger partial charge in [-0.2, -0.15) is 0 Å². The van der Waals surface area contributed by atoms with E-state index in [9.17, 15) is 4.79 Å². The molecule has 1 atom stereocenters. The highest BCUT2D eigenvalue weighted by molar-refractivity contribution is 9.10. The first-order valence-electron chi connectivity index (χ1n) is 8.17. The van der Waals surface area contributed by atoms with Crippen molar-refractivity contribution in [2.45, 2.75) is 25.8 Å². The third kappa shape index (κ3) is 4.79. The average molecular weight is 399 g/mol. The summed E-state index contributed by atoms with van der Waals surface area (Å²) >= 11 is 3.44. The van der Waals surface area contributed by atoms with E-state index in [1.165, 1.54) is 0 Å². The molecule has 128 valence electrons. The van der Waals surface area contributed by atoms with E-state index in [-0.39, 0.29) is 11.9 Å². The van der Waals surface area contributed by atoms with E-state index >= 15 is 0 Å². The quantitative estimate of drug-likeness (QED) is 0.641. The first-order chi connectivity index (χ1) is 12.1. The van der Waals surface area contributed by atoms with Gasteiger partial charge in [0.05, 0.1) is 12.2 Å². The molecule has 1 aromatic heterocycles. The number of hydrogen-bond acceptors (Lipinski definition) is 3. The highest BCUT2D eigenvalue weighted by Gasteiger charge is 2.12. The molecule has 0 aliphatic heterocycles. The van der Waals surface area contributed by atoms with Crippen LogP contribution in [0.4, 0.5) is 0 Å². The second-order valence-electron chi connectivity index (χ2n) is 5.83. The number of aryl methyl sites for hydroxylation is 1. The van der Waals surface area contributed by atoms with Crippen molar-refractivity contribution in [2.24, 2.45) is 0 Å². The highest BCUT2D eigenvalue weighted by atomic mass is 79.9. The summed E-state index contributed by atoms with van der Waals surface area (Å²) in [6.45, 7) is 1.98. The summed E-state index contributed by atoms with van der Waals surface area (Å²) in [4.78, 5) is 16.4. The molecule has 0 bridgehead atoms. The summed E-state index contributed by atoms with van der Waals surface area (Å²) in [5.41, 5.74) is 2.04. The molecule has 0 saturated heterocycles. The molecule has 0 aliphatic carbocycles. The van der Waals surface area contributed by atoms with Crippen molar-refractivity contribution in [3.63, 3.8) is 0 Å². The van der Waals surface area contributed by atoms with Gasteiger partial charge < -0.3 is 9.73 Å². The van der Waals surface area contributed by atoms with Gasteiger partial charge in [-0.05, 0) is 24.6 Å². The van der Waals surface area contributed by atoms with Gasteiger partial charge in [0.2, 0.25) is 5.91 Å². The Hall–Kier alpha value is -2.40. The summed E-state index contributed by atoms with van der Waals surface area (Å²) < 4.78 is 6.74. The molecule has 1 N–H and O–H groups in total. The third-order valence-corrected chi connectivity index (χ3v) is 4.40. The summed E-state index contributed by atoms with van der Waals surface area (Å²) in [7, 11) is 0. The van der Waals surface area contributed by atoms with Crippen LogP contribution in [0, 0.1) is 0 Å². The molecule has 0 saturated carbocycles. The van der Waals surface area contributed by atoms with Crippen molar-refractivity contribution in [2.75, 3.05) is 0 Å². The van der Waals surface area contributed by atoms with Crippen molar-refractivity contribution < 1.29 is 9.21 Å². The van der Waals surface area contributed by atoms with Gasteiger partial charge in [0.15, 0.2) is 11.7 Å². The molecule has 0 fully saturated rings. The molecule has 3 rings (SSSR count). The number of rotatable bonds is 6. The summed E-state index contributed by atoms with van der Waals surface area (Å²) in [5.74, 6) is 1.26. The zero-order valence-electron chi connectivity index (χ0n) is 13.9. The van der Waals surface area contributed by atoms with Crippen molar-refractivity contribution in [1.82, 2.24) is 10.3 Å². The first kappa shape index (κ1) is 17.4. The SMILES string of the molecule is CC(NC(=O)CCc1ncc(-c2cccc(Br)c2)o1)c1ccccc1. The van der Waals surface area contributed by atoms with Crippen LogP contribution in [0.5, 0.6) is 0 Å². The van der Waals surface area contributed by atoms with Crippen molar-refractivity contribution in [3.05, 3.63) is 76.7 Å². The minimum absolute atomic E-state index is 0.0152. The standard InChI is InChI=1S/C20H19BrN2O2/c1-14(15-6-3-2-4-7-15)23-19(24)10-11-20-22-13-18(25-20)16-8-5-9-17(21)12-16/h2-9,12-14H,10-11H2,1H3,(H,23,24). The number of carbonyl (C=O) groups excluding carboxylic acids is 1. The molecule has 1 heterocycles. The van der Waals surface area contributed by atoms with Crippen LogP contribution < -0.4 is 5.32 Å². The smallest absolute Gasteiger partial charge is 0.220 e. The Bertz CT molecular complexity index is 846. The van der Waals surface area contributed by atoms with Gasteiger partial charge in [0, 0.05) is 22.9 Å². The van der Waals surface area contributed by atoms with Crippen LogP contribution in [0.15, 0.2) is 69.7 Å². The van der Waals surface area contributed by atoms with E-state index in [2.05, 4.69) is 26.2 Å². The second kappa shape index (κ2) is 8.12. The number of amides is 1. The Morgan fingerprint density at radius 2 is 2.00 bits per heavy atom. The number of nitrogens with zero attached hydrogens (tertiary/aromatic N) is 1. The second-order valence-corrected chi connectivity index (χ2v) is 6.74. The molecule has 5 heteroatoms. The molecule has 25 heavy (non-hydrogen) atoms. The third-order valence-electron chi connectivity index (χ3n) is 3.91. The molecular formula is C20H19BrN2O2. The zero-order valence-corrected chi connectivity index (χ0v) is 15.5. The molecule has 0 radical (unpaired) electrons. The molecule has 1 unspecified atom stereocenters. The normalized spacial score (nSPS) is 11.9. The van der Waals surface area contributed by atoms with Gasteiger partial charge in [-0.25, -0.2) is 4.98 Å². The fraction of sp³-hybridized carbons (Fsp3) is 0.200. The lowest BCUT2D eigenvalue weighted by atomic mass is 10.1. The van der Waals surface area contributed by atoms with Gasteiger partial charge in [-0.15, -0.1) is 0 Å². The highest BCUT2D eigenvalue weighted by Crippen LogP contribution is 2.24. The van der Waals surface area contributed by atoms with Gasteiger partial charge in [0.25, 0.3) is 0 Å². The van der Waals surface area contributed by atoms with Crippen LogP contribution in [0.1, 0.15) is 30.8 Å². The Morgan fingerprint density at radius 1 is 1.20 bits per heavy atom. The van der Waals surface area contributed by atoms with Crippen LogP contribution in [0.25, 0.3) is 11.3 Å². The van der Waals surface area contributed by atoms with Gasteiger partial charge >= 0.3 is 0 Å². The number of hydrogen-bond donors (Lipinski definition) is 1. The van der Waals surface area contributed by atoms with E-state index in [1.54, 1.807) is 6.20 Å². The largest absolute Gasteiger partial charge is 0.441 e. The maximum atomic E-state index is 12.1. The van der Waals surface area contributed by atoms with Gasteiger partial charge in [0.1, 0.15) is 0 Å². The first-order valence-corrected chi connectivity index (χ1v) is 8.96. The Balaban J connectivity index is 1.54. The number of carbonyl (C=O) groups is 1. The number of aromatic nitrogens is 1. The number of benzene rings is 2. The lowest BCUT2D eigenvalue weighted by Crippen LogP contribution is -2.26. The van der Waals surface area contributed by atoms with Crippen molar-refractivity contribution in [3.8, 4) is 11.3 Å². The molecule has 2 aromatic carbocycles. The topological polar surface area (TPSA) is 55.1 Å². The molecule has 0 spiro atoms. The summed E-state index contributed by atoms with van der Waals surface area (Å²) in [6.07, 6.45) is 2.51. The molecule has 1 amide bonds. The predicted molar refractivity (Wildman–Crippen MR) is 101 cm³/mol. The minimum Gasteiger partial charge on any atom is -0.441 e. The maximum Gasteiger partial charge on any atom is 0.220 e. The van der Waals surface area contributed by atoms with Crippen LogP contribution in [0.2, 0.25) is 0 Å². The van der Waals surface area contributed by atoms with Gasteiger partial charge in [-0.1, -0.05) is 58.4 Å². The van der Waals surface area contributed by atoms with Crippen LogP contribution in [0.3, 0.4) is 0 Å². The Labute approximate surface area is 155 Å². The van der Waals surface area contributed by atoms with Crippen LogP contribution in [-0.2, 0) is 11.2 Å². The zero-order chi connectivity index (χ0) is 17.6. The van der Waals surface area contributed by atoms with Crippen LogP contribution >= 0.6 is 15.9 Å². The van der Waals surface area contributed by atoms with E-state index in [4.69, 9.17) is 4.42 Å². The maximum absolute atomic E-state index is 12.1. The predicted octanol–water partition coefficient (Wildman–Crippen LogP) is 4.91. The summed E-state index contributed by atoms with van der Waals surface area (Å²) in [5, 5.41) is 3.00. The van der Waals surface area contributed by atoms with Crippen molar-refractivity contribution in [1.29, 1.82) is 0 Å². The van der Waals surface area contributed by atoms with E-state index in [1.807, 2.05) is 61.5 Å². The minimum atomic E-state index is -0.0181. The number of halogens is 1. The monoisotopic (exact) mass is 398 g/mol. The van der Waals surface area contributed by atoms with E-state index in [0.29, 0.717) is 24.5 Å². The Kier molecular flexibility index (Phi) is 5.66. The lowest BCUT2D eigenvalue weighted by Gasteiger charge is -2.13. The Morgan fingerprint density at radius 3 is 2.76 bits per heavy atom. The number of nitrogens with one attached hydrogen (secondary N) is 1. The fourth-order valence-electron chi connectivity index (χ4n) is 2.56. The molecule has 4 nitrogen and oxygen atoms in total. The van der Waals surface area contributed by atoms with Crippen molar-refractivity contribution >= 4 is 21.8 Å². The number of oxazole rings is 1. The molecule has 0 aliphatic rings. The summed E-state index contributed by atoms with van der Waals surface area (Å²) in [6, 6.07) is 17.7. The average Bonchev–Trinajstić information content (AvgIpc) is 3.10.